The lowest BCUT2D eigenvalue weighted by atomic mass is 10.0. The van der Waals surface area contributed by atoms with Crippen molar-refractivity contribution in [3.8, 4) is 0 Å². The number of nitrogens with zero attached hydrogens (tertiary/aromatic N) is 1. The van der Waals surface area contributed by atoms with Gasteiger partial charge in [-0.25, -0.2) is 0 Å². The molecule has 4 heteroatoms. The minimum absolute atomic E-state index is 0.413. The van der Waals surface area contributed by atoms with Gasteiger partial charge in [-0.05, 0) is 36.1 Å². The van der Waals surface area contributed by atoms with E-state index >= 15 is 0 Å². The number of aliphatic carboxylic acids is 1. The Morgan fingerprint density at radius 1 is 0.905 bits per heavy atom. The van der Waals surface area contributed by atoms with Crippen molar-refractivity contribution in [2.45, 2.75) is 19.3 Å². The van der Waals surface area contributed by atoms with Gasteiger partial charge < -0.3 is 5.11 Å². The number of carbonyl (C=O) groups is 2. The molecule has 1 aliphatic rings. The summed E-state index contributed by atoms with van der Waals surface area (Å²) in [6, 6.07) is 15.3. The minimum Gasteiger partial charge on any atom is -0.481 e. The maximum atomic E-state index is 12.4. The second-order valence-corrected chi connectivity index (χ2v) is 5.06. The van der Waals surface area contributed by atoms with Crippen LogP contribution in [-0.2, 0) is 22.4 Å². The molecule has 106 valence electrons. The zero-order valence-electron chi connectivity index (χ0n) is 11.5. The molecule has 0 radical (unpaired) electrons. The summed E-state index contributed by atoms with van der Waals surface area (Å²) in [5.74, 6) is -1.52. The molecule has 4 nitrogen and oxygen atoms in total. The van der Waals surface area contributed by atoms with Crippen LogP contribution in [0.5, 0.6) is 0 Å². The number of para-hydroxylation sites is 2. The van der Waals surface area contributed by atoms with Crippen LogP contribution in [-0.4, -0.2) is 17.0 Å². The zero-order chi connectivity index (χ0) is 14.8. The Morgan fingerprint density at radius 2 is 1.38 bits per heavy atom. The van der Waals surface area contributed by atoms with Gasteiger partial charge in [-0.3, -0.25) is 14.5 Å². The second-order valence-electron chi connectivity index (χ2n) is 5.06. The van der Waals surface area contributed by atoms with Gasteiger partial charge in [0.1, 0.15) is 6.42 Å². The number of aryl methyl sites for hydroxylation is 2. The molecule has 2 aromatic rings. The summed E-state index contributed by atoms with van der Waals surface area (Å²) in [6.45, 7) is 0. The lowest BCUT2D eigenvalue weighted by Gasteiger charge is -2.24. The van der Waals surface area contributed by atoms with E-state index in [0.717, 1.165) is 35.3 Å². The molecule has 2 aromatic carbocycles. The number of carboxylic acid groups (broad SMARTS) is 1. The largest absolute Gasteiger partial charge is 0.481 e. The van der Waals surface area contributed by atoms with Crippen molar-refractivity contribution in [1.82, 2.24) is 0 Å². The van der Waals surface area contributed by atoms with E-state index in [1.165, 1.54) is 0 Å². The number of rotatable bonds is 2. The Kier molecular flexibility index (Phi) is 3.44. The number of benzene rings is 2. The van der Waals surface area contributed by atoms with E-state index < -0.39 is 18.3 Å². The summed E-state index contributed by atoms with van der Waals surface area (Å²) in [5.41, 5.74) is 3.70. The van der Waals surface area contributed by atoms with Crippen LogP contribution in [0.2, 0.25) is 0 Å². The summed E-state index contributed by atoms with van der Waals surface area (Å²) in [5, 5.41) is 8.93. The number of carboxylic acids is 1. The molecule has 0 atom stereocenters. The highest BCUT2D eigenvalue weighted by Gasteiger charge is 2.26. The first kappa shape index (κ1) is 13.4. The average Bonchev–Trinajstić information content (AvgIpc) is 2.63. The number of carbonyl (C=O) groups excluding carboxylic acids is 1. The lowest BCUT2D eigenvalue weighted by Crippen LogP contribution is -2.28. The molecule has 1 heterocycles. The number of amides is 1. The molecule has 1 N–H and O–H groups in total. The molecule has 1 aliphatic heterocycles. The van der Waals surface area contributed by atoms with Crippen LogP contribution in [0.4, 0.5) is 11.4 Å². The van der Waals surface area contributed by atoms with Crippen LogP contribution in [0.1, 0.15) is 17.5 Å². The summed E-state index contributed by atoms with van der Waals surface area (Å²) in [4.78, 5) is 24.9. The first-order chi connectivity index (χ1) is 10.2. The van der Waals surface area contributed by atoms with E-state index in [0.29, 0.717) is 0 Å². The third-order valence-electron chi connectivity index (χ3n) is 3.68. The Hall–Kier alpha value is -2.62. The van der Waals surface area contributed by atoms with Gasteiger partial charge in [0.15, 0.2) is 0 Å². The van der Waals surface area contributed by atoms with E-state index in [-0.39, 0.29) is 0 Å². The van der Waals surface area contributed by atoms with Crippen molar-refractivity contribution in [1.29, 1.82) is 0 Å². The third kappa shape index (κ3) is 2.52. The van der Waals surface area contributed by atoms with Gasteiger partial charge in [0.2, 0.25) is 5.91 Å². The SMILES string of the molecule is O=C(O)CC(=O)N1c2ccccc2CCc2ccccc21. The van der Waals surface area contributed by atoms with Crippen molar-refractivity contribution >= 4 is 23.3 Å². The standard InChI is InChI=1S/C17H15NO3/c19-16(11-17(20)21)18-14-7-3-1-5-12(14)9-10-13-6-2-4-8-15(13)18/h1-8H,9-11H2,(H,20,21). The molecule has 0 saturated carbocycles. The summed E-state index contributed by atoms with van der Waals surface area (Å²) >= 11 is 0. The molecule has 0 saturated heterocycles. The predicted molar refractivity (Wildman–Crippen MR) is 79.7 cm³/mol. The van der Waals surface area contributed by atoms with Crippen LogP contribution in [0.25, 0.3) is 0 Å². The predicted octanol–water partition coefficient (Wildman–Crippen LogP) is 2.92. The van der Waals surface area contributed by atoms with Crippen LogP contribution in [0.15, 0.2) is 48.5 Å². The number of anilines is 2. The molecule has 0 fully saturated rings. The molecule has 1 amide bonds. The smallest absolute Gasteiger partial charge is 0.312 e. The van der Waals surface area contributed by atoms with Crippen LogP contribution in [0.3, 0.4) is 0 Å². The van der Waals surface area contributed by atoms with Gasteiger partial charge in [-0.2, -0.15) is 0 Å². The van der Waals surface area contributed by atoms with Crippen molar-refractivity contribution in [2.24, 2.45) is 0 Å². The monoisotopic (exact) mass is 281 g/mol. The van der Waals surface area contributed by atoms with Gasteiger partial charge >= 0.3 is 5.97 Å². The highest BCUT2D eigenvalue weighted by atomic mass is 16.4. The number of fused-ring (bicyclic) bond motifs is 2. The first-order valence-corrected chi connectivity index (χ1v) is 6.87. The average molecular weight is 281 g/mol. The molecule has 21 heavy (non-hydrogen) atoms. The van der Waals surface area contributed by atoms with Crippen molar-refractivity contribution < 1.29 is 14.7 Å². The lowest BCUT2D eigenvalue weighted by molar-refractivity contribution is -0.139. The third-order valence-corrected chi connectivity index (χ3v) is 3.68. The Morgan fingerprint density at radius 3 is 1.86 bits per heavy atom. The van der Waals surface area contributed by atoms with Gasteiger partial charge in [0.25, 0.3) is 0 Å². The molecule has 0 bridgehead atoms. The van der Waals surface area contributed by atoms with Crippen molar-refractivity contribution in [3.63, 3.8) is 0 Å². The molecule has 0 unspecified atom stereocenters. The molecule has 0 aliphatic carbocycles. The molecule has 0 aromatic heterocycles. The highest BCUT2D eigenvalue weighted by Crippen LogP contribution is 2.36. The van der Waals surface area contributed by atoms with E-state index in [9.17, 15) is 9.59 Å². The van der Waals surface area contributed by atoms with Gasteiger partial charge in [0.05, 0.1) is 11.4 Å². The zero-order valence-corrected chi connectivity index (χ0v) is 11.5. The summed E-state index contributed by atoms with van der Waals surface area (Å²) in [7, 11) is 0. The van der Waals surface area contributed by atoms with Gasteiger partial charge in [-0.15, -0.1) is 0 Å². The fraction of sp³-hybridized carbons (Fsp3) is 0.176. The van der Waals surface area contributed by atoms with Crippen LogP contribution in [0, 0.1) is 0 Å². The quantitative estimate of drug-likeness (QED) is 0.861. The van der Waals surface area contributed by atoms with E-state index in [1.807, 2.05) is 48.5 Å². The normalized spacial score (nSPS) is 13.0. The topological polar surface area (TPSA) is 57.6 Å². The van der Waals surface area contributed by atoms with Gasteiger partial charge in [0, 0.05) is 0 Å². The van der Waals surface area contributed by atoms with Crippen LogP contribution < -0.4 is 4.90 Å². The fourth-order valence-electron chi connectivity index (χ4n) is 2.76. The van der Waals surface area contributed by atoms with Crippen molar-refractivity contribution in [3.05, 3.63) is 59.7 Å². The van der Waals surface area contributed by atoms with Gasteiger partial charge in [-0.1, -0.05) is 36.4 Å². The molecule has 3 rings (SSSR count). The van der Waals surface area contributed by atoms with Crippen molar-refractivity contribution in [2.75, 3.05) is 4.90 Å². The Balaban J connectivity index is 2.15. The molecule has 0 spiro atoms. The molecular weight excluding hydrogens is 266 g/mol. The molecular formula is C17H15NO3. The summed E-state index contributed by atoms with van der Waals surface area (Å²) < 4.78 is 0. The maximum Gasteiger partial charge on any atom is 0.312 e. The minimum atomic E-state index is -1.11. The number of hydrogen-bond donors (Lipinski definition) is 1. The Bertz CT molecular complexity index is 661. The van der Waals surface area contributed by atoms with E-state index in [4.69, 9.17) is 5.11 Å². The summed E-state index contributed by atoms with van der Waals surface area (Å²) in [6.07, 6.45) is 1.16. The first-order valence-electron chi connectivity index (χ1n) is 6.87. The number of hydrogen-bond acceptors (Lipinski definition) is 2. The Labute approximate surface area is 122 Å². The van der Waals surface area contributed by atoms with E-state index in [1.54, 1.807) is 4.90 Å². The second kappa shape index (κ2) is 5.40. The van der Waals surface area contributed by atoms with Crippen LogP contribution >= 0.6 is 0 Å². The maximum absolute atomic E-state index is 12.4. The fourth-order valence-corrected chi connectivity index (χ4v) is 2.76. The highest BCUT2D eigenvalue weighted by molar-refractivity contribution is 6.08. The van der Waals surface area contributed by atoms with E-state index in [2.05, 4.69) is 0 Å².